The molecule has 2 N–H and O–H groups in total. The molecule has 4 nitrogen and oxygen atoms in total. The quantitative estimate of drug-likeness (QED) is 0.758. The Morgan fingerprint density at radius 3 is 2.80 bits per heavy atom. The highest BCUT2D eigenvalue weighted by Crippen LogP contribution is 2.35. The molecule has 2 rings (SSSR count). The minimum atomic E-state index is 0.403. The lowest BCUT2D eigenvalue weighted by atomic mass is 9.75. The lowest BCUT2D eigenvalue weighted by molar-refractivity contribution is 0.0597. The minimum Gasteiger partial charge on any atom is -0.347 e. The van der Waals surface area contributed by atoms with E-state index in [4.69, 9.17) is 0 Å². The third kappa shape index (κ3) is 2.21. The number of likely N-dealkylation sites (N-methyl/N-ethyl adjacent to an activating group) is 1. The molecule has 1 heterocycles. The summed E-state index contributed by atoms with van der Waals surface area (Å²) in [6, 6.07) is 0. The number of imidazole rings is 1. The molecular formula is C11H20N4. The van der Waals surface area contributed by atoms with E-state index in [2.05, 4.69) is 34.3 Å². The number of aromatic amines is 1. The van der Waals surface area contributed by atoms with E-state index in [1.807, 2.05) is 6.20 Å². The van der Waals surface area contributed by atoms with Crippen molar-refractivity contribution in [2.24, 2.45) is 0 Å². The minimum absolute atomic E-state index is 0.403. The van der Waals surface area contributed by atoms with Crippen LogP contribution in [-0.4, -0.2) is 41.0 Å². The smallest absolute Gasteiger partial charge is 0.0922 e. The average molecular weight is 208 g/mol. The second-order valence-corrected chi connectivity index (χ2v) is 4.65. The largest absolute Gasteiger partial charge is 0.347 e. The fourth-order valence-corrected chi connectivity index (χ4v) is 2.18. The number of aromatic nitrogens is 2. The van der Waals surface area contributed by atoms with Crippen LogP contribution in [0.5, 0.6) is 0 Å². The van der Waals surface area contributed by atoms with Crippen molar-refractivity contribution in [1.29, 1.82) is 0 Å². The zero-order valence-electron chi connectivity index (χ0n) is 9.58. The predicted octanol–water partition coefficient (Wildman–Crippen LogP) is 0.984. The lowest BCUT2D eigenvalue weighted by Crippen LogP contribution is -2.56. The second kappa shape index (κ2) is 4.33. The average Bonchev–Trinajstić information content (AvgIpc) is 2.61. The predicted molar refractivity (Wildman–Crippen MR) is 60.6 cm³/mol. The van der Waals surface area contributed by atoms with Gasteiger partial charge in [-0.2, -0.15) is 0 Å². The summed E-state index contributed by atoms with van der Waals surface area (Å²) in [6.45, 7) is 1.95. The van der Waals surface area contributed by atoms with Crippen LogP contribution in [0.1, 0.15) is 25.0 Å². The standard InChI is InChI=1S/C11H20N4/c1-15(2)11(4-3-5-11)8-12-6-10-7-13-9-14-10/h7,9,12H,3-6,8H2,1-2H3,(H,13,14). The SMILES string of the molecule is CN(C)C1(CNCc2cnc[nH]2)CCC1. The van der Waals surface area contributed by atoms with Crippen LogP contribution in [0, 0.1) is 0 Å². The molecule has 0 aromatic carbocycles. The Bertz CT molecular complexity index is 288. The zero-order valence-corrected chi connectivity index (χ0v) is 9.58. The van der Waals surface area contributed by atoms with Crippen LogP contribution in [0.15, 0.2) is 12.5 Å². The van der Waals surface area contributed by atoms with Crippen LogP contribution in [0.25, 0.3) is 0 Å². The Balaban J connectivity index is 1.77. The normalized spacial score (nSPS) is 19.1. The summed E-state index contributed by atoms with van der Waals surface area (Å²) in [5, 5.41) is 3.50. The Morgan fingerprint density at radius 2 is 2.33 bits per heavy atom. The molecule has 0 radical (unpaired) electrons. The molecule has 0 aliphatic heterocycles. The van der Waals surface area contributed by atoms with Gasteiger partial charge in [-0.05, 0) is 33.4 Å². The number of nitrogens with zero attached hydrogens (tertiary/aromatic N) is 2. The monoisotopic (exact) mass is 208 g/mol. The molecule has 1 aromatic rings. The number of rotatable bonds is 5. The Morgan fingerprint density at radius 1 is 1.53 bits per heavy atom. The first kappa shape index (κ1) is 10.6. The maximum atomic E-state index is 4.00. The zero-order chi connectivity index (χ0) is 10.7. The third-order valence-electron chi connectivity index (χ3n) is 3.56. The fourth-order valence-electron chi connectivity index (χ4n) is 2.18. The molecule has 0 atom stereocenters. The number of hydrogen-bond donors (Lipinski definition) is 2. The summed E-state index contributed by atoms with van der Waals surface area (Å²) in [5.41, 5.74) is 1.56. The van der Waals surface area contributed by atoms with Gasteiger partial charge < -0.3 is 15.2 Å². The van der Waals surface area contributed by atoms with Gasteiger partial charge in [0, 0.05) is 30.5 Å². The first-order valence-electron chi connectivity index (χ1n) is 5.58. The van der Waals surface area contributed by atoms with Crippen LogP contribution in [0.3, 0.4) is 0 Å². The van der Waals surface area contributed by atoms with Crippen LogP contribution in [-0.2, 0) is 6.54 Å². The van der Waals surface area contributed by atoms with Gasteiger partial charge in [-0.3, -0.25) is 0 Å². The van der Waals surface area contributed by atoms with E-state index in [0.717, 1.165) is 18.8 Å². The van der Waals surface area contributed by atoms with Gasteiger partial charge in [0.25, 0.3) is 0 Å². The highest BCUT2D eigenvalue weighted by Gasteiger charge is 2.38. The van der Waals surface area contributed by atoms with Gasteiger partial charge in [-0.1, -0.05) is 0 Å². The van der Waals surface area contributed by atoms with Gasteiger partial charge in [-0.15, -0.1) is 0 Å². The second-order valence-electron chi connectivity index (χ2n) is 4.65. The summed E-state index contributed by atoms with van der Waals surface area (Å²) in [5.74, 6) is 0. The summed E-state index contributed by atoms with van der Waals surface area (Å²) in [7, 11) is 4.36. The van der Waals surface area contributed by atoms with Gasteiger partial charge in [0.05, 0.1) is 6.33 Å². The van der Waals surface area contributed by atoms with E-state index in [-0.39, 0.29) is 0 Å². The molecule has 0 bridgehead atoms. The van der Waals surface area contributed by atoms with E-state index in [1.165, 1.54) is 19.3 Å². The summed E-state index contributed by atoms with van der Waals surface area (Å²) >= 11 is 0. The van der Waals surface area contributed by atoms with Crippen LogP contribution in [0.2, 0.25) is 0 Å². The number of hydrogen-bond acceptors (Lipinski definition) is 3. The highest BCUT2D eigenvalue weighted by atomic mass is 15.2. The highest BCUT2D eigenvalue weighted by molar-refractivity contribution is 4.99. The van der Waals surface area contributed by atoms with Gasteiger partial charge in [0.15, 0.2) is 0 Å². The molecule has 0 amide bonds. The molecule has 4 heteroatoms. The van der Waals surface area contributed by atoms with Crippen molar-refractivity contribution >= 4 is 0 Å². The van der Waals surface area contributed by atoms with Gasteiger partial charge in [0.2, 0.25) is 0 Å². The Hall–Kier alpha value is -0.870. The van der Waals surface area contributed by atoms with Crippen molar-refractivity contribution < 1.29 is 0 Å². The van der Waals surface area contributed by atoms with Crippen molar-refractivity contribution in [3.8, 4) is 0 Å². The first-order chi connectivity index (χ1) is 7.23. The first-order valence-corrected chi connectivity index (χ1v) is 5.58. The number of nitrogens with one attached hydrogen (secondary N) is 2. The van der Waals surface area contributed by atoms with Gasteiger partial charge in [0.1, 0.15) is 0 Å². The van der Waals surface area contributed by atoms with Crippen LogP contribution >= 0.6 is 0 Å². The molecule has 0 unspecified atom stereocenters. The van der Waals surface area contributed by atoms with E-state index < -0.39 is 0 Å². The molecule has 1 aromatic heterocycles. The summed E-state index contributed by atoms with van der Waals surface area (Å²) in [4.78, 5) is 9.46. The molecule has 0 saturated heterocycles. The van der Waals surface area contributed by atoms with Gasteiger partial charge in [-0.25, -0.2) is 4.98 Å². The van der Waals surface area contributed by atoms with Crippen LogP contribution in [0.4, 0.5) is 0 Å². The summed E-state index contributed by atoms with van der Waals surface area (Å²) in [6.07, 6.45) is 7.59. The van der Waals surface area contributed by atoms with Crippen molar-refractivity contribution in [3.05, 3.63) is 18.2 Å². The topological polar surface area (TPSA) is 44.0 Å². The maximum absolute atomic E-state index is 4.00. The molecule has 1 fully saturated rings. The molecule has 1 aliphatic rings. The maximum Gasteiger partial charge on any atom is 0.0922 e. The van der Waals surface area contributed by atoms with Crippen LogP contribution < -0.4 is 5.32 Å². The fraction of sp³-hybridized carbons (Fsp3) is 0.727. The van der Waals surface area contributed by atoms with Crippen molar-refractivity contribution in [1.82, 2.24) is 20.2 Å². The lowest BCUT2D eigenvalue weighted by Gasteiger charge is -2.47. The third-order valence-corrected chi connectivity index (χ3v) is 3.56. The molecule has 1 aliphatic carbocycles. The molecule has 0 spiro atoms. The molecule has 1 saturated carbocycles. The van der Waals surface area contributed by atoms with Crippen molar-refractivity contribution in [2.75, 3.05) is 20.6 Å². The van der Waals surface area contributed by atoms with E-state index in [1.54, 1.807) is 6.33 Å². The van der Waals surface area contributed by atoms with Gasteiger partial charge >= 0.3 is 0 Å². The Kier molecular flexibility index (Phi) is 3.07. The van der Waals surface area contributed by atoms with E-state index in [9.17, 15) is 0 Å². The Labute approximate surface area is 91.1 Å². The van der Waals surface area contributed by atoms with E-state index >= 15 is 0 Å². The molecular weight excluding hydrogens is 188 g/mol. The molecule has 15 heavy (non-hydrogen) atoms. The van der Waals surface area contributed by atoms with Crippen molar-refractivity contribution in [3.63, 3.8) is 0 Å². The van der Waals surface area contributed by atoms with E-state index in [0.29, 0.717) is 5.54 Å². The number of H-pyrrole nitrogens is 1. The molecule has 84 valence electrons. The summed E-state index contributed by atoms with van der Waals surface area (Å²) < 4.78 is 0. The van der Waals surface area contributed by atoms with Crippen molar-refractivity contribution in [2.45, 2.75) is 31.3 Å².